The second-order valence-electron chi connectivity index (χ2n) is 7.02. The number of hydrogen-bond acceptors (Lipinski definition) is 4. The largest absolute Gasteiger partial charge is 0.481 e. The molecule has 0 saturated heterocycles. The number of halogens is 2. The van der Waals surface area contributed by atoms with Gasteiger partial charge in [0.1, 0.15) is 0 Å². The highest BCUT2D eigenvalue weighted by Gasteiger charge is 2.16. The summed E-state index contributed by atoms with van der Waals surface area (Å²) in [5.74, 6) is -2.15. The third-order valence-corrected chi connectivity index (χ3v) is 5.33. The first kappa shape index (κ1) is 24.0. The van der Waals surface area contributed by atoms with Gasteiger partial charge in [-0.15, -0.1) is 0 Å². The van der Waals surface area contributed by atoms with Crippen molar-refractivity contribution in [1.82, 2.24) is 5.32 Å². The smallest absolute Gasteiger partial charge is 0.303 e. The third kappa shape index (κ3) is 7.52. The maximum atomic E-state index is 9.64. The second kappa shape index (κ2) is 11.8. The number of carbonyl (C=O) groups is 2. The van der Waals surface area contributed by atoms with Crippen molar-refractivity contribution in [2.45, 2.75) is 38.6 Å². The van der Waals surface area contributed by atoms with Crippen molar-refractivity contribution in [3.63, 3.8) is 0 Å². The van der Waals surface area contributed by atoms with E-state index in [0.29, 0.717) is 0 Å². The van der Waals surface area contributed by atoms with Crippen LogP contribution < -0.4 is 10.6 Å². The zero-order valence-electron chi connectivity index (χ0n) is 16.8. The van der Waals surface area contributed by atoms with Crippen molar-refractivity contribution in [2.75, 3.05) is 18.4 Å². The highest BCUT2D eigenvalue weighted by molar-refractivity contribution is 6.33. The molecule has 1 unspecified atom stereocenters. The summed E-state index contributed by atoms with van der Waals surface area (Å²) in [5, 5.41) is 24.4. The Balaban J connectivity index is 0.000000343. The van der Waals surface area contributed by atoms with Crippen LogP contribution in [-0.4, -0.2) is 35.2 Å². The molecule has 1 aliphatic heterocycles. The highest BCUT2D eigenvalue weighted by atomic mass is 35.5. The van der Waals surface area contributed by atoms with E-state index in [1.807, 2.05) is 18.2 Å². The van der Waals surface area contributed by atoms with Gasteiger partial charge in [-0.3, -0.25) is 9.59 Å². The molecule has 4 N–H and O–H groups in total. The molecule has 1 aliphatic rings. The van der Waals surface area contributed by atoms with Gasteiger partial charge in [-0.05, 0) is 67.7 Å². The van der Waals surface area contributed by atoms with Gasteiger partial charge in [0.15, 0.2) is 0 Å². The molecule has 6 nitrogen and oxygen atoms in total. The number of carboxylic acids is 2. The van der Waals surface area contributed by atoms with Gasteiger partial charge in [-0.25, -0.2) is 0 Å². The third-order valence-electron chi connectivity index (χ3n) is 4.77. The molecule has 162 valence electrons. The number of anilines is 1. The Morgan fingerprint density at radius 3 is 2.20 bits per heavy atom. The van der Waals surface area contributed by atoms with Gasteiger partial charge in [-0.2, -0.15) is 0 Å². The van der Waals surface area contributed by atoms with E-state index >= 15 is 0 Å². The molecule has 0 spiro atoms. The topological polar surface area (TPSA) is 98.7 Å². The molecule has 2 aromatic rings. The predicted octanol–water partition coefficient (Wildman–Crippen LogP) is 4.79. The Bertz CT molecular complexity index is 858. The summed E-state index contributed by atoms with van der Waals surface area (Å²) in [6.45, 7) is 4.17. The Morgan fingerprint density at radius 2 is 1.60 bits per heavy atom. The molecule has 3 rings (SSSR count). The highest BCUT2D eigenvalue weighted by Crippen LogP contribution is 2.33. The molecule has 30 heavy (non-hydrogen) atoms. The van der Waals surface area contributed by atoms with Crippen LogP contribution in [0.25, 0.3) is 0 Å². The summed E-state index contributed by atoms with van der Waals surface area (Å²) in [4.78, 5) is 19.3. The maximum Gasteiger partial charge on any atom is 0.303 e. The Labute approximate surface area is 186 Å². The number of benzene rings is 2. The predicted molar refractivity (Wildman–Crippen MR) is 120 cm³/mol. The summed E-state index contributed by atoms with van der Waals surface area (Å²) in [6.07, 6.45) is 1.47. The molecule has 0 saturated carbocycles. The molecule has 0 aromatic heterocycles. The molecule has 2 aromatic carbocycles. The summed E-state index contributed by atoms with van der Waals surface area (Å²) in [5.41, 5.74) is 5.01. The Morgan fingerprint density at radius 1 is 1.00 bits per heavy atom. The number of carboxylic acid groups (broad SMARTS) is 2. The number of rotatable bonds is 6. The van der Waals surface area contributed by atoms with Gasteiger partial charge < -0.3 is 20.8 Å². The Hall–Kier alpha value is -2.28. The normalized spacial score (nSPS) is 13.8. The van der Waals surface area contributed by atoms with Crippen molar-refractivity contribution in [3.8, 4) is 0 Å². The van der Waals surface area contributed by atoms with Crippen molar-refractivity contribution in [2.24, 2.45) is 0 Å². The molecule has 0 fully saturated rings. The van der Waals surface area contributed by atoms with Gasteiger partial charge in [0.25, 0.3) is 0 Å². The monoisotopic (exact) mass is 452 g/mol. The summed E-state index contributed by atoms with van der Waals surface area (Å²) < 4.78 is 0. The molecular weight excluding hydrogens is 427 g/mol. The minimum Gasteiger partial charge on any atom is -0.481 e. The van der Waals surface area contributed by atoms with E-state index in [1.165, 1.54) is 16.7 Å². The van der Waals surface area contributed by atoms with Crippen molar-refractivity contribution in [1.29, 1.82) is 0 Å². The van der Waals surface area contributed by atoms with Gasteiger partial charge in [0, 0.05) is 11.1 Å². The van der Waals surface area contributed by atoms with Crippen LogP contribution in [0.1, 0.15) is 42.5 Å². The molecule has 0 aliphatic carbocycles. The number of hydrogen-bond donors (Lipinski definition) is 4. The van der Waals surface area contributed by atoms with Crippen LogP contribution in [0, 0.1) is 0 Å². The standard InChI is InChI=1S/C18H20Cl2N2.C4H6O4/c1-12(13-2-5-15(19)6-3-13)22-18-16-9-11-21-10-8-14(16)4-7-17(18)20;5-3(6)1-2-4(7)8/h2-7,12,21-22H,8-11H2,1H3;1-2H2,(H,5,6)(H,7,8). The van der Waals surface area contributed by atoms with Crippen LogP contribution in [0.5, 0.6) is 0 Å². The van der Waals surface area contributed by atoms with Gasteiger partial charge in [0.05, 0.1) is 23.6 Å². The van der Waals surface area contributed by atoms with Crippen LogP contribution in [0.4, 0.5) is 5.69 Å². The van der Waals surface area contributed by atoms with Crippen LogP contribution in [0.15, 0.2) is 36.4 Å². The fraction of sp³-hybridized carbons (Fsp3) is 0.364. The van der Waals surface area contributed by atoms with E-state index in [1.54, 1.807) is 0 Å². The minimum absolute atomic E-state index is 0.178. The number of nitrogens with one attached hydrogen (secondary N) is 2. The first-order valence-electron chi connectivity index (χ1n) is 9.74. The molecule has 1 heterocycles. The van der Waals surface area contributed by atoms with Crippen molar-refractivity contribution in [3.05, 3.63) is 63.1 Å². The lowest BCUT2D eigenvalue weighted by Crippen LogP contribution is -2.16. The molecule has 8 heteroatoms. The summed E-state index contributed by atoms with van der Waals surface area (Å²) in [7, 11) is 0. The second-order valence-corrected chi connectivity index (χ2v) is 7.86. The quantitative estimate of drug-likeness (QED) is 0.502. The van der Waals surface area contributed by atoms with Gasteiger partial charge in [-0.1, -0.05) is 41.4 Å². The van der Waals surface area contributed by atoms with Crippen molar-refractivity contribution < 1.29 is 19.8 Å². The maximum absolute atomic E-state index is 9.64. The first-order valence-corrected chi connectivity index (χ1v) is 10.5. The van der Waals surface area contributed by atoms with E-state index in [0.717, 1.165) is 41.7 Å². The lowest BCUT2D eigenvalue weighted by molar-refractivity contribution is -0.143. The van der Waals surface area contributed by atoms with Crippen LogP contribution >= 0.6 is 23.2 Å². The van der Waals surface area contributed by atoms with E-state index < -0.39 is 11.9 Å². The SMILES string of the molecule is CC(Nc1c(Cl)ccc2c1CCNCC2)c1ccc(Cl)cc1.O=C(O)CCC(=O)O. The van der Waals surface area contributed by atoms with Crippen molar-refractivity contribution >= 4 is 40.8 Å². The van der Waals surface area contributed by atoms with E-state index in [9.17, 15) is 9.59 Å². The molecular formula is C22H26Cl2N2O4. The molecule has 0 bridgehead atoms. The molecule has 0 radical (unpaired) electrons. The molecule has 0 amide bonds. The fourth-order valence-corrected chi connectivity index (χ4v) is 3.52. The minimum atomic E-state index is -1.08. The number of fused-ring (bicyclic) bond motifs is 1. The van der Waals surface area contributed by atoms with E-state index in [4.69, 9.17) is 33.4 Å². The lowest BCUT2D eigenvalue weighted by Gasteiger charge is -2.21. The van der Waals surface area contributed by atoms with E-state index in [-0.39, 0.29) is 18.9 Å². The first-order chi connectivity index (χ1) is 14.3. The lowest BCUT2D eigenvalue weighted by atomic mass is 9.99. The van der Waals surface area contributed by atoms with Crippen LogP contribution in [0.3, 0.4) is 0 Å². The zero-order valence-corrected chi connectivity index (χ0v) is 18.3. The average Bonchev–Trinajstić information content (AvgIpc) is 2.95. The number of aliphatic carboxylic acids is 2. The summed E-state index contributed by atoms with van der Waals surface area (Å²) in [6, 6.07) is 12.3. The van der Waals surface area contributed by atoms with Gasteiger partial charge >= 0.3 is 11.9 Å². The average molecular weight is 453 g/mol. The van der Waals surface area contributed by atoms with Gasteiger partial charge in [0.2, 0.25) is 0 Å². The fourth-order valence-electron chi connectivity index (χ4n) is 3.16. The summed E-state index contributed by atoms with van der Waals surface area (Å²) >= 11 is 12.4. The molecule has 1 atom stereocenters. The zero-order chi connectivity index (χ0) is 22.1. The van der Waals surface area contributed by atoms with Crippen LogP contribution in [0.2, 0.25) is 10.0 Å². The van der Waals surface area contributed by atoms with E-state index in [2.05, 4.69) is 35.8 Å². The Kier molecular flexibility index (Phi) is 9.43. The van der Waals surface area contributed by atoms with Crippen LogP contribution in [-0.2, 0) is 22.4 Å².